The van der Waals surface area contributed by atoms with Crippen LogP contribution in [0.1, 0.15) is 92.9 Å². The molecule has 1 amide bonds. The van der Waals surface area contributed by atoms with Gasteiger partial charge >= 0.3 is 0 Å². The Labute approximate surface area is 223 Å². The lowest BCUT2D eigenvalue weighted by atomic mass is 9.41. The molecule has 0 aromatic heterocycles. The summed E-state index contributed by atoms with van der Waals surface area (Å²) < 4.78 is 0. The van der Waals surface area contributed by atoms with Crippen molar-refractivity contribution in [3.63, 3.8) is 0 Å². The maximum absolute atomic E-state index is 14.4. The van der Waals surface area contributed by atoms with Crippen molar-refractivity contribution in [2.45, 2.75) is 111 Å². The van der Waals surface area contributed by atoms with Crippen molar-refractivity contribution in [1.82, 2.24) is 10.2 Å². The van der Waals surface area contributed by atoms with E-state index in [1.807, 2.05) is 20.8 Å². The summed E-state index contributed by atoms with van der Waals surface area (Å²) in [5.74, 6) is 0.783. The average Bonchev–Trinajstić information content (AvgIpc) is 3.48. The molecule has 2 N–H and O–H groups in total. The van der Waals surface area contributed by atoms with Gasteiger partial charge in [0.25, 0.3) is 0 Å². The van der Waals surface area contributed by atoms with Crippen LogP contribution in [0.15, 0.2) is 0 Å². The number of carbonyl (C=O) groups is 3. The summed E-state index contributed by atoms with van der Waals surface area (Å²) in [5.41, 5.74) is -1.51. The molecule has 0 saturated heterocycles. The van der Waals surface area contributed by atoms with Crippen molar-refractivity contribution in [3.05, 3.63) is 0 Å². The minimum absolute atomic E-state index is 0.0359. The molecule has 0 heterocycles. The smallest absolute Gasteiger partial charge is 0.223 e. The van der Waals surface area contributed by atoms with Crippen LogP contribution < -0.4 is 5.32 Å². The number of aldehydes is 1. The van der Waals surface area contributed by atoms with E-state index in [4.69, 9.17) is 0 Å². The van der Waals surface area contributed by atoms with Gasteiger partial charge in [-0.2, -0.15) is 0 Å². The van der Waals surface area contributed by atoms with Gasteiger partial charge < -0.3 is 20.1 Å². The lowest BCUT2D eigenvalue weighted by Crippen LogP contribution is -2.63. The summed E-state index contributed by atoms with van der Waals surface area (Å²) in [5, 5.41) is 14.7. The number of carbonyl (C=O) groups excluding carboxylic acids is 3. The van der Waals surface area contributed by atoms with Crippen molar-refractivity contribution in [2.75, 3.05) is 14.1 Å². The molecule has 0 aromatic carbocycles. The number of nitrogens with zero attached hydrogens (tertiary/aromatic N) is 1. The molecule has 208 valence electrons. The van der Waals surface area contributed by atoms with E-state index in [1.54, 1.807) is 0 Å². The highest BCUT2D eigenvalue weighted by molar-refractivity contribution is 5.92. The van der Waals surface area contributed by atoms with Crippen LogP contribution in [0.25, 0.3) is 0 Å². The number of hydrogen-bond donors (Lipinski definition) is 2. The minimum atomic E-state index is -0.658. The molecule has 0 bridgehead atoms. The SMILES string of the molecule is CC[C@H](C)C(=O)N[C@H]1CC[C@]23C[C@]24C(=O)C[C@]2(C)[C@@H]([C@H](C)N(C)C)[C@H](O)C[C@@]2(C)[C@@H]4CC[C@H]3[C@]1(C)C=O. The quantitative estimate of drug-likeness (QED) is 0.518. The van der Waals surface area contributed by atoms with Crippen LogP contribution in [0.3, 0.4) is 0 Å². The Morgan fingerprint density at radius 1 is 1.14 bits per heavy atom. The number of rotatable bonds is 6. The van der Waals surface area contributed by atoms with Gasteiger partial charge in [-0.3, -0.25) is 9.59 Å². The van der Waals surface area contributed by atoms with Crippen molar-refractivity contribution >= 4 is 18.0 Å². The Hall–Kier alpha value is -1.27. The predicted octanol–water partition coefficient (Wildman–Crippen LogP) is 4.24. The van der Waals surface area contributed by atoms with E-state index in [1.165, 1.54) is 0 Å². The first-order chi connectivity index (χ1) is 17.2. The molecule has 2 spiro atoms. The standard InChI is InChI=1S/C31H50N2O4/c1-9-18(2)26(37)32-23-12-13-30-16-31(30)22(11-10-21(30)27(23,4)17-34)28(5)14-20(35)25(19(3)33(7)8)29(28,6)15-24(31)36/h17-23,25,35H,9-16H2,1-8H3,(H,32,37)/t18-,19-,20+,21-,22-,23-,25-,27-,28-,29+,30+,31-/m0/s1. The fourth-order valence-electron chi connectivity index (χ4n) is 11.0. The Morgan fingerprint density at radius 2 is 1.78 bits per heavy atom. The highest BCUT2D eigenvalue weighted by Crippen LogP contribution is 2.87. The largest absolute Gasteiger partial charge is 0.393 e. The van der Waals surface area contributed by atoms with Crippen LogP contribution >= 0.6 is 0 Å². The fourth-order valence-corrected chi connectivity index (χ4v) is 11.0. The van der Waals surface area contributed by atoms with Crippen LogP contribution in [0, 0.1) is 50.7 Å². The van der Waals surface area contributed by atoms with Crippen molar-refractivity contribution in [3.8, 4) is 0 Å². The third-order valence-corrected chi connectivity index (χ3v) is 13.6. The van der Waals surface area contributed by atoms with Crippen molar-refractivity contribution in [2.24, 2.45) is 50.7 Å². The second-order valence-corrected chi connectivity index (χ2v) is 14.8. The predicted molar refractivity (Wildman–Crippen MR) is 144 cm³/mol. The molecule has 0 radical (unpaired) electrons. The number of ketones is 1. The van der Waals surface area contributed by atoms with Crippen LogP contribution in [-0.4, -0.2) is 60.3 Å². The molecule has 6 nitrogen and oxygen atoms in total. The first kappa shape index (κ1) is 27.3. The second-order valence-electron chi connectivity index (χ2n) is 14.8. The summed E-state index contributed by atoms with van der Waals surface area (Å²) in [7, 11) is 4.14. The molecule has 5 saturated carbocycles. The maximum atomic E-state index is 14.4. The van der Waals surface area contributed by atoms with Gasteiger partial charge in [0.05, 0.1) is 6.10 Å². The van der Waals surface area contributed by atoms with Crippen LogP contribution in [-0.2, 0) is 14.4 Å². The average molecular weight is 515 g/mol. The van der Waals surface area contributed by atoms with Crippen LogP contribution in [0.4, 0.5) is 0 Å². The third kappa shape index (κ3) is 3.15. The van der Waals surface area contributed by atoms with Gasteiger partial charge in [0, 0.05) is 41.2 Å². The van der Waals surface area contributed by atoms with Crippen LogP contribution in [0.2, 0.25) is 0 Å². The highest BCUT2D eigenvalue weighted by Gasteiger charge is 2.86. The summed E-state index contributed by atoms with van der Waals surface area (Å²) >= 11 is 0. The van der Waals surface area contributed by atoms with E-state index in [2.05, 4.69) is 45.1 Å². The van der Waals surface area contributed by atoms with E-state index in [-0.39, 0.29) is 63.3 Å². The van der Waals surface area contributed by atoms with E-state index in [0.717, 1.165) is 51.2 Å². The number of nitrogens with one attached hydrogen (secondary N) is 1. The van der Waals surface area contributed by atoms with Gasteiger partial charge in [-0.05, 0) is 94.0 Å². The zero-order valence-corrected chi connectivity index (χ0v) is 24.4. The molecule has 37 heavy (non-hydrogen) atoms. The summed E-state index contributed by atoms with van der Waals surface area (Å²) in [4.78, 5) is 42.3. The third-order valence-electron chi connectivity index (χ3n) is 13.6. The number of fused-ring (bicyclic) bond motifs is 2. The van der Waals surface area contributed by atoms with Crippen molar-refractivity contribution < 1.29 is 19.5 Å². The van der Waals surface area contributed by atoms with Gasteiger partial charge in [0.2, 0.25) is 5.91 Å². The summed E-state index contributed by atoms with van der Waals surface area (Å²) in [6.45, 7) is 12.9. The topological polar surface area (TPSA) is 86.7 Å². The minimum Gasteiger partial charge on any atom is -0.393 e. The summed E-state index contributed by atoms with van der Waals surface area (Å²) in [6, 6.07) is 0.0191. The molecular formula is C31H50N2O4. The van der Waals surface area contributed by atoms with Gasteiger partial charge in [-0.25, -0.2) is 0 Å². The molecule has 0 aromatic rings. The Balaban J connectivity index is 1.50. The molecular weight excluding hydrogens is 464 g/mol. The van der Waals surface area contributed by atoms with E-state index < -0.39 is 11.5 Å². The highest BCUT2D eigenvalue weighted by atomic mass is 16.3. The van der Waals surface area contributed by atoms with Crippen LogP contribution in [0.5, 0.6) is 0 Å². The summed E-state index contributed by atoms with van der Waals surface area (Å²) in [6.07, 6.45) is 7.16. The van der Waals surface area contributed by atoms with E-state index in [0.29, 0.717) is 12.2 Å². The molecule has 0 unspecified atom stereocenters. The number of amides is 1. The van der Waals surface area contributed by atoms with Gasteiger partial charge in [0.15, 0.2) is 0 Å². The molecule has 12 atom stereocenters. The first-order valence-corrected chi connectivity index (χ1v) is 14.8. The molecule has 5 fully saturated rings. The monoisotopic (exact) mass is 514 g/mol. The van der Waals surface area contributed by atoms with E-state index in [9.17, 15) is 19.5 Å². The number of aliphatic hydroxyl groups excluding tert-OH is 1. The molecule has 6 heteroatoms. The maximum Gasteiger partial charge on any atom is 0.223 e. The van der Waals surface area contributed by atoms with Gasteiger partial charge in [0.1, 0.15) is 12.1 Å². The lowest BCUT2D eigenvalue weighted by molar-refractivity contribution is -0.171. The molecule has 5 rings (SSSR count). The number of aliphatic hydroxyl groups is 1. The Bertz CT molecular complexity index is 998. The van der Waals surface area contributed by atoms with E-state index >= 15 is 0 Å². The lowest BCUT2D eigenvalue weighted by Gasteiger charge is -2.62. The molecule has 5 aliphatic rings. The van der Waals surface area contributed by atoms with Gasteiger partial charge in [-0.1, -0.05) is 34.6 Å². The second kappa shape index (κ2) is 8.36. The zero-order valence-electron chi connectivity index (χ0n) is 24.4. The number of Topliss-reactive ketones (excluding diaryl/α,β-unsaturated/α-hetero) is 1. The molecule has 5 aliphatic carbocycles. The fraction of sp³-hybridized carbons (Fsp3) is 0.903. The van der Waals surface area contributed by atoms with Crippen molar-refractivity contribution in [1.29, 1.82) is 0 Å². The van der Waals surface area contributed by atoms with Gasteiger partial charge in [-0.15, -0.1) is 0 Å². The Kier molecular flexibility index (Phi) is 6.17. The normalized spacial score (nSPS) is 51.8. The Morgan fingerprint density at radius 3 is 2.38 bits per heavy atom. The zero-order chi connectivity index (χ0) is 27.3. The first-order valence-electron chi connectivity index (χ1n) is 14.8. The number of hydrogen-bond acceptors (Lipinski definition) is 5. The molecule has 0 aliphatic heterocycles.